The van der Waals surface area contributed by atoms with Crippen molar-refractivity contribution in [3.63, 3.8) is 0 Å². The van der Waals surface area contributed by atoms with Gasteiger partial charge in [-0.15, -0.1) is 0 Å². The second-order valence-corrected chi connectivity index (χ2v) is 5.67. The van der Waals surface area contributed by atoms with Crippen molar-refractivity contribution in [2.75, 3.05) is 26.3 Å². The molecule has 1 aromatic carbocycles. The number of rotatable bonds is 2. The van der Waals surface area contributed by atoms with E-state index in [1.165, 1.54) is 5.56 Å². The lowest BCUT2D eigenvalue weighted by atomic mass is 10.1. The lowest BCUT2D eigenvalue weighted by molar-refractivity contribution is 0.296. The molecule has 2 N–H and O–H groups in total. The number of nitrogens with two attached hydrogens (primary N) is 1. The summed E-state index contributed by atoms with van der Waals surface area (Å²) in [4.78, 5) is 2.41. The normalized spacial score (nSPS) is 27.3. The monoisotopic (exact) mass is 262 g/mol. The van der Waals surface area contributed by atoms with E-state index in [-0.39, 0.29) is 0 Å². The van der Waals surface area contributed by atoms with Gasteiger partial charge in [-0.1, -0.05) is 13.0 Å². The van der Waals surface area contributed by atoms with Crippen LogP contribution in [0, 0.1) is 5.92 Å². The summed E-state index contributed by atoms with van der Waals surface area (Å²) in [6.45, 7) is 6.70. The van der Waals surface area contributed by atoms with Crippen LogP contribution in [0.2, 0.25) is 0 Å². The average molecular weight is 262 g/mol. The summed E-state index contributed by atoms with van der Waals surface area (Å²) in [5.41, 5.74) is 7.34. The maximum Gasteiger partial charge on any atom is 0.161 e. The third kappa shape index (κ3) is 2.85. The number of likely N-dealkylation sites (tertiary alicyclic amines) is 1. The van der Waals surface area contributed by atoms with Crippen LogP contribution in [0.3, 0.4) is 0 Å². The summed E-state index contributed by atoms with van der Waals surface area (Å²) in [5, 5.41) is 0. The molecule has 2 aliphatic heterocycles. The van der Waals surface area contributed by atoms with Crippen LogP contribution in [0.4, 0.5) is 0 Å². The van der Waals surface area contributed by atoms with Gasteiger partial charge in [-0.25, -0.2) is 0 Å². The van der Waals surface area contributed by atoms with E-state index < -0.39 is 0 Å². The van der Waals surface area contributed by atoms with Gasteiger partial charge in [-0.05, 0) is 23.6 Å². The first-order chi connectivity index (χ1) is 9.22. The third-order valence-corrected chi connectivity index (χ3v) is 3.96. The van der Waals surface area contributed by atoms with Gasteiger partial charge in [0.1, 0.15) is 0 Å². The smallest absolute Gasteiger partial charge is 0.161 e. The van der Waals surface area contributed by atoms with Crippen LogP contribution in [0.5, 0.6) is 11.5 Å². The van der Waals surface area contributed by atoms with E-state index in [0.29, 0.717) is 12.0 Å². The fourth-order valence-corrected chi connectivity index (χ4v) is 2.79. The SMILES string of the molecule is CC1CN(Cc2ccc3c(c2)OCCCO3)CC1N. The minimum absolute atomic E-state index is 0.306. The van der Waals surface area contributed by atoms with Gasteiger partial charge in [0.15, 0.2) is 11.5 Å². The number of ether oxygens (including phenoxy) is 2. The highest BCUT2D eigenvalue weighted by atomic mass is 16.5. The molecule has 0 radical (unpaired) electrons. The molecule has 0 saturated carbocycles. The van der Waals surface area contributed by atoms with E-state index in [2.05, 4.69) is 24.0 Å². The zero-order chi connectivity index (χ0) is 13.2. The fraction of sp³-hybridized carbons (Fsp3) is 0.600. The molecule has 2 aliphatic rings. The molecule has 3 rings (SSSR count). The first-order valence-corrected chi connectivity index (χ1v) is 7.09. The Labute approximate surface area is 114 Å². The van der Waals surface area contributed by atoms with Crippen LogP contribution in [0.1, 0.15) is 18.9 Å². The number of hydrogen-bond donors (Lipinski definition) is 1. The van der Waals surface area contributed by atoms with E-state index in [1.54, 1.807) is 0 Å². The molecule has 1 saturated heterocycles. The van der Waals surface area contributed by atoms with E-state index in [9.17, 15) is 0 Å². The zero-order valence-electron chi connectivity index (χ0n) is 11.5. The van der Waals surface area contributed by atoms with Crippen molar-refractivity contribution in [3.05, 3.63) is 23.8 Å². The number of fused-ring (bicyclic) bond motifs is 1. The molecule has 0 spiro atoms. The summed E-state index contributed by atoms with van der Waals surface area (Å²) < 4.78 is 11.4. The Balaban J connectivity index is 1.70. The van der Waals surface area contributed by atoms with E-state index in [4.69, 9.17) is 15.2 Å². The van der Waals surface area contributed by atoms with Crippen molar-refractivity contribution < 1.29 is 9.47 Å². The zero-order valence-corrected chi connectivity index (χ0v) is 11.5. The molecule has 0 bridgehead atoms. The highest BCUT2D eigenvalue weighted by Gasteiger charge is 2.26. The standard InChI is InChI=1S/C15H22N2O2/c1-11-8-17(10-13(11)16)9-12-3-4-14-15(7-12)19-6-2-5-18-14/h3-4,7,11,13H,2,5-6,8-10,16H2,1H3. The molecule has 2 unspecified atom stereocenters. The van der Waals surface area contributed by atoms with Gasteiger partial charge >= 0.3 is 0 Å². The van der Waals surface area contributed by atoms with Crippen LogP contribution in [-0.2, 0) is 6.54 Å². The maximum absolute atomic E-state index is 6.07. The van der Waals surface area contributed by atoms with Gasteiger partial charge in [0.2, 0.25) is 0 Å². The lowest BCUT2D eigenvalue weighted by Crippen LogP contribution is -2.28. The van der Waals surface area contributed by atoms with E-state index >= 15 is 0 Å². The summed E-state index contributed by atoms with van der Waals surface area (Å²) >= 11 is 0. The van der Waals surface area contributed by atoms with Gasteiger partial charge in [-0.2, -0.15) is 0 Å². The van der Waals surface area contributed by atoms with Crippen molar-refractivity contribution >= 4 is 0 Å². The Kier molecular flexibility index (Phi) is 3.62. The van der Waals surface area contributed by atoms with Crippen molar-refractivity contribution in [3.8, 4) is 11.5 Å². The van der Waals surface area contributed by atoms with Gasteiger partial charge in [0.25, 0.3) is 0 Å². The molecule has 4 nitrogen and oxygen atoms in total. The third-order valence-electron chi connectivity index (χ3n) is 3.96. The Morgan fingerprint density at radius 3 is 2.74 bits per heavy atom. The Morgan fingerprint density at radius 1 is 1.21 bits per heavy atom. The molecular weight excluding hydrogens is 240 g/mol. The van der Waals surface area contributed by atoms with Gasteiger partial charge in [-0.3, -0.25) is 4.90 Å². The Bertz CT molecular complexity index is 440. The van der Waals surface area contributed by atoms with Crippen molar-refractivity contribution in [1.82, 2.24) is 4.90 Å². The highest BCUT2D eigenvalue weighted by Crippen LogP contribution is 2.31. The molecular formula is C15H22N2O2. The molecule has 2 heterocycles. The Morgan fingerprint density at radius 2 is 2.00 bits per heavy atom. The maximum atomic E-state index is 6.07. The summed E-state index contributed by atoms with van der Waals surface area (Å²) in [6.07, 6.45) is 0.947. The molecule has 1 aromatic rings. The van der Waals surface area contributed by atoms with Crippen molar-refractivity contribution in [2.45, 2.75) is 25.9 Å². The van der Waals surface area contributed by atoms with E-state index in [0.717, 1.165) is 50.8 Å². The van der Waals surface area contributed by atoms with Crippen molar-refractivity contribution in [1.29, 1.82) is 0 Å². The molecule has 4 heteroatoms. The number of nitrogens with zero attached hydrogens (tertiary/aromatic N) is 1. The van der Waals surface area contributed by atoms with Gasteiger partial charge in [0.05, 0.1) is 13.2 Å². The van der Waals surface area contributed by atoms with Crippen LogP contribution in [0.15, 0.2) is 18.2 Å². The Hall–Kier alpha value is -1.26. The van der Waals surface area contributed by atoms with Gasteiger partial charge < -0.3 is 15.2 Å². The first-order valence-electron chi connectivity index (χ1n) is 7.09. The molecule has 0 aliphatic carbocycles. The largest absolute Gasteiger partial charge is 0.490 e. The number of benzene rings is 1. The molecule has 0 aromatic heterocycles. The second kappa shape index (κ2) is 5.39. The quantitative estimate of drug-likeness (QED) is 0.880. The van der Waals surface area contributed by atoms with Crippen LogP contribution >= 0.6 is 0 Å². The van der Waals surface area contributed by atoms with Crippen LogP contribution in [-0.4, -0.2) is 37.2 Å². The molecule has 19 heavy (non-hydrogen) atoms. The lowest BCUT2D eigenvalue weighted by Gasteiger charge is -2.16. The fourth-order valence-electron chi connectivity index (χ4n) is 2.79. The predicted molar refractivity (Wildman–Crippen MR) is 74.5 cm³/mol. The summed E-state index contributed by atoms with van der Waals surface area (Å²) in [7, 11) is 0. The summed E-state index contributed by atoms with van der Waals surface area (Å²) in [6, 6.07) is 6.56. The molecule has 0 amide bonds. The minimum Gasteiger partial charge on any atom is -0.490 e. The van der Waals surface area contributed by atoms with Gasteiger partial charge in [0, 0.05) is 32.1 Å². The van der Waals surface area contributed by atoms with Crippen molar-refractivity contribution in [2.24, 2.45) is 11.7 Å². The molecule has 2 atom stereocenters. The minimum atomic E-state index is 0.306. The predicted octanol–water partition coefficient (Wildman–Crippen LogP) is 1.63. The molecule has 104 valence electrons. The average Bonchev–Trinajstić information content (AvgIpc) is 2.61. The first kappa shape index (κ1) is 12.8. The number of hydrogen-bond acceptors (Lipinski definition) is 4. The van der Waals surface area contributed by atoms with E-state index in [1.807, 2.05) is 6.07 Å². The van der Waals surface area contributed by atoms with Crippen LogP contribution < -0.4 is 15.2 Å². The summed E-state index contributed by atoms with van der Waals surface area (Å²) in [5.74, 6) is 2.33. The second-order valence-electron chi connectivity index (χ2n) is 5.67. The molecule has 1 fully saturated rings. The highest BCUT2D eigenvalue weighted by molar-refractivity contribution is 5.43. The van der Waals surface area contributed by atoms with Crippen LogP contribution in [0.25, 0.3) is 0 Å². The topological polar surface area (TPSA) is 47.7 Å².